The van der Waals surface area contributed by atoms with Crippen molar-refractivity contribution in [3.8, 4) is 17.6 Å². The van der Waals surface area contributed by atoms with Gasteiger partial charge in [-0.05, 0) is 66.2 Å². The number of halogens is 2. The molecule has 0 saturated heterocycles. The number of carbonyl (C=O) groups excluding carboxylic acids is 1. The Morgan fingerprint density at radius 1 is 1.13 bits per heavy atom. The molecule has 150 valence electrons. The maximum absolute atomic E-state index is 12.5. The number of nitriles is 1. The van der Waals surface area contributed by atoms with Crippen molar-refractivity contribution >= 4 is 45.2 Å². The highest BCUT2D eigenvalue weighted by Gasteiger charge is 2.12. The minimum atomic E-state index is -0.563. The molecule has 5 nitrogen and oxygen atoms in total. The van der Waals surface area contributed by atoms with Crippen LogP contribution in [0, 0.1) is 11.3 Å². The summed E-state index contributed by atoms with van der Waals surface area (Å²) in [5, 5.41) is 22.1. The quantitative estimate of drug-likeness (QED) is 0.258. The molecular formula is C23H16BrClN2O3. The third kappa shape index (κ3) is 5.86. The van der Waals surface area contributed by atoms with Gasteiger partial charge in [0.1, 0.15) is 29.7 Å². The zero-order valence-electron chi connectivity index (χ0n) is 15.6. The minimum absolute atomic E-state index is 0.0839. The number of rotatable bonds is 6. The van der Waals surface area contributed by atoms with Gasteiger partial charge in [0, 0.05) is 20.7 Å². The SMILES string of the molecule is N#C/C(=C\c1cc(Br)ccc1OCc1ccc(Cl)cc1)C(=O)Nc1ccc(O)cc1. The number of hydrogen-bond acceptors (Lipinski definition) is 4. The summed E-state index contributed by atoms with van der Waals surface area (Å²) >= 11 is 9.31. The average Bonchev–Trinajstić information content (AvgIpc) is 2.74. The van der Waals surface area contributed by atoms with Gasteiger partial charge in [0.05, 0.1) is 0 Å². The number of hydrogen-bond donors (Lipinski definition) is 2. The van der Waals surface area contributed by atoms with Gasteiger partial charge in [0.2, 0.25) is 0 Å². The summed E-state index contributed by atoms with van der Waals surface area (Å²) in [4.78, 5) is 12.5. The van der Waals surface area contributed by atoms with Crippen LogP contribution in [-0.4, -0.2) is 11.0 Å². The summed E-state index contributed by atoms with van der Waals surface area (Å²) in [5.41, 5.74) is 1.89. The normalized spacial score (nSPS) is 10.9. The first-order chi connectivity index (χ1) is 14.4. The van der Waals surface area contributed by atoms with E-state index in [1.165, 1.54) is 18.2 Å². The molecule has 0 aliphatic carbocycles. The van der Waals surface area contributed by atoms with Crippen LogP contribution in [0.2, 0.25) is 5.02 Å². The van der Waals surface area contributed by atoms with E-state index in [-0.39, 0.29) is 11.3 Å². The van der Waals surface area contributed by atoms with E-state index in [0.717, 1.165) is 10.0 Å². The van der Waals surface area contributed by atoms with Crippen molar-refractivity contribution in [2.24, 2.45) is 0 Å². The van der Waals surface area contributed by atoms with Gasteiger partial charge in [-0.2, -0.15) is 5.26 Å². The molecule has 0 heterocycles. The topological polar surface area (TPSA) is 82.3 Å². The smallest absolute Gasteiger partial charge is 0.266 e. The van der Waals surface area contributed by atoms with E-state index < -0.39 is 5.91 Å². The summed E-state index contributed by atoms with van der Waals surface area (Å²) in [6.07, 6.45) is 1.47. The Bertz CT molecular complexity index is 1120. The number of nitrogens with one attached hydrogen (secondary N) is 1. The average molecular weight is 484 g/mol. The van der Waals surface area contributed by atoms with Crippen LogP contribution in [0.4, 0.5) is 5.69 Å². The Kier molecular flexibility index (Phi) is 7.12. The minimum Gasteiger partial charge on any atom is -0.508 e. The largest absolute Gasteiger partial charge is 0.508 e. The van der Waals surface area contributed by atoms with Gasteiger partial charge in [0.15, 0.2) is 0 Å². The van der Waals surface area contributed by atoms with E-state index in [4.69, 9.17) is 16.3 Å². The summed E-state index contributed by atoms with van der Waals surface area (Å²) in [7, 11) is 0. The van der Waals surface area contributed by atoms with E-state index in [1.807, 2.05) is 24.3 Å². The second-order valence-corrected chi connectivity index (χ2v) is 7.62. The monoisotopic (exact) mass is 482 g/mol. The first-order valence-corrected chi connectivity index (χ1v) is 10.0. The number of phenolic OH excluding ortho intramolecular Hbond substituents is 1. The summed E-state index contributed by atoms with van der Waals surface area (Å²) < 4.78 is 6.68. The van der Waals surface area contributed by atoms with Crippen LogP contribution in [0.1, 0.15) is 11.1 Å². The van der Waals surface area contributed by atoms with E-state index in [0.29, 0.717) is 28.6 Å². The summed E-state index contributed by atoms with van der Waals surface area (Å²) in [6, 6.07) is 20.5. The van der Waals surface area contributed by atoms with Gasteiger partial charge in [-0.25, -0.2) is 0 Å². The van der Waals surface area contributed by atoms with E-state index in [9.17, 15) is 15.2 Å². The van der Waals surface area contributed by atoms with Crippen LogP contribution in [0.3, 0.4) is 0 Å². The molecule has 0 bridgehead atoms. The highest BCUT2D eigenvalue weighted by Crippen LogP contribution is 2.27. The number of nitrogens with zero attached hydrogens (tertiary/aromatic N) is 1. The Balaban J connectivity index is 1.81. The second-order valence-electron chi connectivity index (χ2n) is 6.27. The zero-order valence-corrected chi connectivity index (χ0v) is 17.9. The van der Waals surface area contributed by atoms with Crippen molar-refractivity contribution in [1.82, 2.24) is 0 Å². The molecule has 0 radical (unpaired) electrons. The summed E-state index contributed by atoms with van der Waals surface area (Å²) in [6.45, 7) is 0.307. The molecule has 3 aromatic carbocycles. The van der Waals surface area contributed by atoms with E-state index in [1.54, 1.807) is 36.4 Å². The van der Waals surface area contributed by atoms with Crippen molar-refractivity contribution in [3.63, 3.8) is 0 Å². The molecule has 0 atom stereocenters. The third-order valence-electron chi connectivity index (χ3n) is 4.07. The van der Waals surface area contributed by atoms with Crippen LogP contribution in [0.5, 0.6) is 11.5 Å². The fourth-order valence-electron chi connectivity index (χ4n) is 2.55. The van der Waals surface area contributed by atoms with Crippen LogP contribution >= 0.6 is 27.5 Å². The van der Waals surface area contributed by atoms with Crippen molar-refractivity contribution < 1.29 is 14.6 Å². The molecule has 30 heavy (non-hydrogen) atoms. The number of anilines is 1. The molecule has 0 aliphatic rings. The molecular weight excluding hydrogens is 468 g/mol. The molecule has 1 amide bonds. The molecule has 0 aromatic heterocycles. The Morgan fingerprint density at radius 2 is 1.83 bits per heavy atom. The molecule has 2 N–H and O–H groups in total. The first kappa shape index (κ1) is 21.4. The lowest BCUT2D eigenvalue weighted by atomic mass is 10.1. The second kappa shape index (κ2) is 9.97. The number of phenols is 1. The van der Waals surface area contributed by atoms with Gasteiger partial charge < -0.3 is 15.2 Å². The Morgan fingerprint density at radius 3 is 2.50 bits per heavy atom. The standard InChI is InChI=1S/C23H16BrClN2O3/c24-18-3-10-22(30-14-15-1-4-19(25)5-2-15)16(12-18)11-17(13-26)23(29)27-20-6-8-21(28)9-7-20/h1-12,28H,14H2,(H,27,29)/b17-11+. The predicted octanol–water partition coefficient (Wildman–Crippen LogP) is 5.93. The molecule has 0 spiro atoms. The van der Waals surface area contributed by atoms with E-state index >= 15 is 0 Å². The lowest BCUT2D eigenvalue weighted by Crippen LogP contribution is -2.13. The zero-order chi connectivity index (χ0) is 21.5. The first-order valence-electron chi connectivity index (χ1n) is 8.83. The molecule has 3 aromatic rings. The van der Waals surface area contributed by atoms with Gasteiger partial charge in [-0.15, -0.1) is 0 Å². The van der Waals surface area contributed by atoms with Crippen LogP contribution in [0.15, 0.2) is 76.8 Å². The Hall–Kier alpha value is -3.27. The van der Waals surface area contributed by atoms with Gasteiger partial charge in [-0.1, -0.05) is 39.7 Å². The van der Waals surface area contributed by atoms with Gasteiger partial charge >= 0.3 is 0 Å². The maximum atomic E-state index is 12.5. The lowest BCUT2D eigenvalue weighted by Gasteiger charge is -2.11. The molecule has 0 fully saturated rings. The highest BCUT2D eigenvalue weighted by molar-refractivity contribution is 9.10. The van der Waals surface area contributed by atoms with Crippen LogP contribution < -0.4 is 10.1 Å². The lowest BCUT2D eigenvalue weighted by molar-refractivity contribution is -0.112. The fraction of sp³-hybridized carbons (Fsp3) is 0.0435. The van der Waals surface area contributed by atoms with Crippen molar-refractivity contribution in [2.75, 3.05) is 5.32 Å². The molecule has 7 heteroatoms. The van der Waals surface area contributed by atoms with Crippen molar-refractivity contribution in [2.45, 2.75) is 6.61 Å². The van der Waals surface area contributed by atoms with Crippen molar-refractivity contribution in [3.05, 3.63) is 92.9 Å². The Labute approximate surface area is 187 Å². The maximum Gasteiger partial charge on any atom is 0.266 e. The van der Waals surface area contributed by atoms with Crippen LogP contribution in [0.25, 0.3) is 6.08 Å². The van der Waals surface area contributed by atoms with E-state index in [2.05, 4.69) is 21.2 Å². The number of amides is 1. The van der Waals surface area contributed by atoms with Gasteiger partial charge in [-0.3, -0.25) is 4.79 Å². The highest BCUT2D eigenvalue weighted by atomic mass is 79.9. The predicted molar refractivity (Wildman–Crippen MR) is 120 cm³/mol. The molecule has 3 rings (SSSR count). The van der Waals surface area contributed by atoms with Crippen molar-refractivity contribution in [1.29, 1.82) is 5.26 Å². The number of benzene rings is 3. The number of carbonyl (C=O) groups is 1. The fourth-order valence-corrected chi connectivity index (χ4v) is 3.06. The number of aromatic hydroxyl groups is 1. The third-order valence-corrected chi connectivity index (χ3v) is 4.81. The molecule has 0 unspecified atom stereocenters. The van der Waals surface area contributed by atoms with Gasteiger partial charge in [0.25, 0.3) is 5.91 Å². The van der Waals surface area contributed by atoms with Crippen LogP contribution in [-0.2, 0) is 11.4 Å². The molecule has 0 saturated carbocycles. The number of ether oxygens (including phenoxy) is 1. The molecule has 0 aliphatic heterocycles. The summed E-state index contributed by atoms with van der Waals surface area (Å²) in [5.74, 6) is 0.0470.